The Morgan fingerprint density at radius 1 is 1.31 bits per heavy atom. The van der Waals surface area contributed by atoms with Crippen molar-refractivity contribution >= 4 is 28.6 Å². The van der Waals surface area contributed by atoms with Gasteiger partial charge in [0.25, 0.3) is 0 Å². The molecule has 2 aromatic rings. The Hall–Kier alpha value is -1.35. The Morgan fingerprint density at radius 3 is 2.85 bits per heavy atom. The molecule has 0 amide bonds. The number of aromatic nitrogens is 1. The molecule has 0 unspecified atom stereocenters. The fourth-order valence-electron chi connectivity index (χ4n) is 1.39. The first kappa shape index (κ1) is 8.26. The molecule has 0 saturated heterocycles. The van der Waals surface area contributed by atoms with Gasteiger partial charge in [0.2, 0.25) is 0 Å². The third-order valence-electron chi connectivity index (χ3n) is 2.07. The first-order valence-corrected chi connectivity index (χ1v) is 4.54. The Balaban J connectivity index is 2.64. The Labute approximate surface area is 82.4 Å². The number of hydrogen-bond donors (Lipinski definition) is 0. The molecule has 0 radical (unpaired) electrons. The van der Waals surface area contributed by atoms with Crippen molar-refractivity contribution in [1.29, 1.82) is 0 Å². The maximum atomic E-state index is 4.87. The van der Waals surface area contributed by atoms with Crippen molar-refractivity contribution in [3.63, 3.8) is 0 Å². The number of thiocarbonyl (C=S) groups is 1. The monoisotopic (exact) mass is 190 g/mol. The van der Waals surface area contributed by atoms with Crippen molar-refractivity contribution in [3.05, 3.63) is 36.5 Å². The third kappa shape index (κ3) is 1.31. The van der Waals surface area contributed by atoms with Crippen LogP contribution in [0.3, 0.4) is 0 Å². The van der Waals surface area contributed by atoms with E-state index in [2.05, 4.69) is 18.2 Å². The van der Waals surface area contributed by atoms with Gasteiger partial charge in [0.15, 0.2) is 0 Å². The summed E-state index contributed by atoms with van der Waals surface area (Å²) in [4.78, 5) is 0. The van der Waals surface area contributed by atoms with Crippen LogP contribution < -0.4 is 5.01 Å². The van der Waals surface area contributed by atoms with Crippen LogP contribution in [-0.2, 0) is 0 Å². The van der Waals surface area contributed by atoms with E-state index in [-0.39, 0.29) is 0 Å². The lowest BCUT2D eigenvalue weighted by molar-refractivity contribution is 0.854. The molecule has 0 bridgehead atoms. The smallest absolute Gasteiger partial charge is 0.0842 e. The van der Waals surface area contributed by atoms with Crippen LogP contribution in [0.25, 0.3) is 10.9 Å². The van der Waals surface area contributed by atoms with Crippen LogP contribution in [0.4, 0.5) is 0 Å². The van der Waals surface area contributed by atoms with Gasteiger partial charge in [0.1, 0.15) is 0 Å². The van der Waals surface area contributed by atoms with E-state index in [1.165, 1.54) is 10.9 Å². The molecule has 0 aliphatic heterocycles. The van der Waals surface area contributed by atoms with Crippen LogP contribution in [0.1, 0.15) is 0 Å². The van der Waals surface area contributed by atoms with Gasteiger partial charge in [0, 0.05) is 18.6 Å². The maximum Gasteiger partial charge on any atom is 0.0842 e. The van der Waals surface area contributed by atoms with Gasteiger partial charge in [-0.25, -0.2) is 0 Å². The Morgan fingerprint density at radius 2 is 2.08 bits per heavy atom. The van der Waals surface area contributed by atoms with Gasteiger partial charge in [-0.2, -0.15) is 0 Å². The minimum atomic E-state index is 1.17. The molecule has 3 heteroatoms. The van der Waals surface area contributed by atoms with Gasteiger partial charge >= 0.3 is 0 Å². The predicted molar refractivity (Wildman–Crippen MR) is 59.7 cm³/mol. The van der Waals surface area contributed by atoms with Crippen LogP contribution in [0.5, 0.6) is 0 Å². The maximum absolute atomic E-state index is 4.87. The first-order chi connectivity index (χ1) is 6.33. The largest absolute Gasteiger partial charge is 0.281 e. The lowest BCUT2D eigenvalue weighted by Crippen LogP contribution is -2.26. The van der Waals surface area contributed by atoms with E-state index in [0.717, 1.165) is 0 Å². The molecule has 66 valence electrons. The van der Waals surface area contributed by atoms with Crippen LogP contribution in [0.15, 0.2) is 36.5 Å². The van der Waals surface area contributed by atoms with E-state index < -0.39 is 0 Å². The molecule has 0 atom stereocenters. The molecule has 2 rings (SSSR count). The molecule has 1 heterocycles. The predicted octanol–water partition coefficient (Wildman–Crippen LogP) is 2.17. The zero-order valence-electron chi connectivity index (χ0n) is 7.34. The molecule has 13 heavy (non-hydrogen) atoms. The minimum absolute atomic E-state index is 1.17. The second kappa shape index (κ2) is 3.18. The van der Waals surface area contributed by atoms with E-state index in [0.29, 0.717) is 0 Å². The summed E-state index contributed by atoms with van der Waals surface area (Å²) in [5.74, 6) is 0. The van der Waals surface area contributed by atoms with Gasteiger partial charge < -0.3 is 0 Å². The number of rotatable bonds is 2. The highest BCUT2D eigenvalue weighted by Crippen LogP contribution is 2.14. The topological polar surface area (TPSA) is 8.17 Å². The van der Waals surface area contributed by atoms with Gasteiger partial charge in [-0.1, -0.05) is 30.4 Å². The highest BCUT2D eigenvalue weighted by atomic mass is 32.1. The quantitative estimate of drug-likeness (QED) is 0.671. The molecule has 0 saturated carbocycles. The van der Waals surface area contributed by atoms with Gasteiger partial charge in [-0.3, -0.25) is 9.69 Å². The molecule has 2 nitrogen and oxygen atoms in total. The molecule has 0 fully saturated rings. The van der Waals surface area contributed by atoms with Crippen molar-refractivity contribution in [1.82, 2.24) is 4.68 Å². The summed E-state index contributed by atoms with van der Waals surface area (Å²) in [6.45, 7) is 0. The van der Waals surface area contributed by atoms with Crippen LogP contribution in [-0.4, -0.2) is 17.2 Å². The molecule has 0 spiro atoms. The summed E-state index contributed by atoms with van der Waals surface area (Å²) in [6, 6.07) is 10.3. The van der Waals surface area contributed by atoms with Crippen LogP contribution in [0.2, 0.25) is 0 Å². The van der Waals surface area contributed by atoms with Crippen molar-refractivity contribution in [2.75, 3.05) is 12.1 Å². The summed E-state index contributed by atoms with van der Waals surface area (Å²) in [5, 5.41) is 3.10. The fraction of sp³-hybridized carbons (Fsp3) is 0.100. The molecule has 1 aromatic carbocycles. The van der Waals surface area contributed by atoms with Crippen molar-refractivity contribution in [3.8, 4) is 0 Å². The molecular formula is C10H10N2S. The zero-order chi connectivity index (χ0) is 9.26. The summed E-state index contributed by atoms with van der Waals surface area (Å²) >= 11 is 4.87. The molecule has 1 aromatic heterocycles. The normalized spacial score (nSPS) is 10.2. The third-order valence-corrected chi connectivity index (χ3v) is 2.38. The van der Waals surface area contributed by atoms with E-state index >= 15 is 0 Å². The average Bonchev–Trinajstić information content (AvgIpc) is 2.60. The number of hydrogen-bond acceptors (Lipinski definition) is 1. The lowest BCUT2D eigenvalue weighted by atomic mass is 10.3. The Kier molecular flexibility index (Phi) is 2.02. The van der Waals surface area contributed by atoms with Crippen LogP contribution >= 0.6 is 12.2 Å². The first-order valence-electron chi connectivity index (χ1n) is 4.07. The zero-order valence-corrected chi connectivity index (χ0v) is 8.16. The lowest BCUT2D eigenvalue weighted by Gasteiger charge is -2.15. The van der Waals surface area contributed by atoms with E-state index in [1.54, 1.807) is 5.49 Å². The number of fused-ring (bicyclic) bond motifs is 1. The fourth-order valence-corrected chi connectivity index (χ4v) is 1.50. The standard InChI is InChI=1S/C10H10N2S/c1-11(8-13)12-7-6-9-4-2-3-5-10(9)12/h2-8H,1H3. The average molecular weight is 190 g/mol. The minimum Gasteiger partial charge on any atom is -0.281 e. The molecule has 0 aliphatic rings. The summed E-state index contributed by atoms with van der Waals surface area (Å²) in [6.07, 6.45) is 2.01. The number of para-hydroxylation sites is 1. The van der Waals surface area contributed by atoms with E-state index in [9.17, 15) is 0 Å². The van der Waals surface area contributed by atoms with Gasteiger partial charge in [-0.05, 0) is 12.1 Å². The molecular weight excluding hydrogens is 180 g/mol. The van der Waals surface area contributed by atoms with Crippen molar-refractivity contribution < 1.29 is 0 Å². The second-order valence-electron chi connectivity index (χ2n) is 2.90. The van der Waals surface area contributed by atoms with Crippen molar-refractivity contribution in [2.45, 2.75) is 0 Å². The SMILES string of the molecule is CN(C=S)n1ccc2ccccc21. The van der Waals surface area contributed by atoms with Crippen molar-refractivity contribution in [2.24, 2.45) is 0 Å². The Bertz CT molecular complexity index is 433. The van der Waals surface area contributed by atoms with Gasteiger partial charge in [-0.15, -0.1) is 0 Å². The molecule has 0 aliphatic carbocycles. The summed E-state index contributed by atoms with van der Waals surface area (Å²) in [7, 11) is 1.93. The summed E-state index contributed by atoms with van der Waals surface area (Å²) in [5.41, 5.74) is 2.79. The van der Waals surface area contributed by atoms with E-state index in [1.807, 2.05) is 35.1 Å². The van der Waals surface area contributed by atoms with E-state index in [4.69, 9.17) is 12.2 Å². The van der Waals surface area contributed by atoms with Crippen LogP contribution in [0, 0.1) is 0 Å². The number of benzene rings is 1. The second-order valence-corrected chi connectivity index (χ2v) is 3.11. The highest BCUT2D eigenvalue weighted by Gasteiger charge is 2.00. The number of nitrogens with zero attached hydrogens (tertiary/aromatic N) is 2. The van der Waals surface area contributed by atoms with Gasteiger partial charge in [0.05, 0.1) is 11.0 Å². The molecule has 0 N–H and O–H groups in total. The summed E-state index contributed by atoms with van der Waals surface area (Å²) < 4.78 is 2.02. The highest BCUT2D eigenvalue weighted by molar-refractivity contribution is 7.79.